The molecule has 1 aliphatic carbocycles. The Balaban J connectivity index is 1.71. The second-order valence-corrected chi connectivity index (χ2v) is 8.99. The lowest BCUT2D eigenvalue weighted by atomic mass is 9.83. The van der Waals surface area contributed by atoms with Gasteiger partial charge in [0.15, 0.2) is 11.4 Å². The minimum atomic E-state index is -1.70. The normalized spacial score (nSPS) is 14.7. The van der Waals surface area contributed by atoms with Crippen molar-refractivity contribution in [2.24, 2.45) is 0 Å². The predicted octanol–water partition coefficient (Wildman–Crippen LogP) is 4.82. The van der Waals surface area contributed by atoms with Crippen LogP contribution in [-0.2, 0) is 11.1 Å². The number of benzene rings is 1. The maximum Gasteiger partial charge on any atom is 0.289 e. The van der Waals surface area contributed by atoms with Gasteiger partial charge in [0.1, 0.15) is 5.76 Å². The quantitative estimate of drug-likeness (QED) is 0.363. The lowest BCUT2D eigenvalue weighted by Gasteiger charge is -2.28. The third-order valence-corrected chi connectivity index (χ3v) is 6.75. The Hall–Kier alpha value is -4.35. The number of pyridine rings is 2. The van der Waals surface area contributed by atoms with Crippen molar-refractivity contribution in [1.82, 2.24) is 25.1 Å². The Bertz CT molecular complexity index is 1530. The molecular weight excluding hydrogens is 440 g/mol. The zero-order chi connectivity index (χ0) is 24.2. The monoisotopic (exact) mass is 462 g/mol. The second-order valence-electron chi connectivity index (χ2n) is 8.99. The Kier molecular flexibility index (Phi) is 4.59. The lowest BCUT2D eigenvalue weighted by Crippen LogP contribution is -2.31. The predicted molar refractivity (Wildman–Crippen MR) is 129 cm³/mol. The number of hydrogen-bond donors (Lipinski definition) is 2. The van der Waals surface area contributed by atoms with Crippen molar-refractivity contribution in [3.63, 3.8) is 0 Å². The van der Waals surface area contributed by atoms with E-state index >= 15 is 0 Å². The van der Waals surface area contributed by atoms with Gasteiger partial charge in [-0.15, -0.1) is 0 Å². The van der Waals surface area contributed by atoms with Gasteiger partial charge in [0.05, 0.1) is 28.1 Å². The highest BCUT2D eigenvalue weighted by Gasteiger charge is 2.55. The maximum absolute atomic E-state index is 12.5. The number of nitrogens with one attached hydrogen (secondary N) is 1. The van der Waals surface area contributed by atoms with Crippen molar-refractivity contribution in [3.05, 3.63) is 107 Å². The Morgan fingerprint density at radius 1 is 1.06 bits per heavy atom. The molecule has 172 valence electrons. The number of aromatic nitrogens is 5. The molecule has 8 nitrogen and oxygen atoms in total. The van der Waals surface area contributed by atoms with Gasteiger partial charge in [-0.05, 0) is 55.8 Å². The van der Waals surface area contributed by atoms with Crippen LogP contribution in [0.5, 0.6) is 0 Å². The Morgan fingerprint density at radius 3 is 2.26 bits per heavy atom. The zero-order valence-electron chi connectivity index (χ0n) is 19.3. The van der Waals surface area contributed by atoms with E-state index < -0.39 is 11.1 Å². The van der Waals surface area contributed by atoms with Gasteiger partial charge in [0, 0.05) is 36.4 Å². The number of aromatic amines is 1. The van der Waals surface area contributed by atoms with E-state index in [9.17, 15) is 5.11 Å². The molecule has 0 amide bonds. The molecule has 4 aromatic heterocycles. The van der Waals surface area contributed by atoms with Crippen LogP contribution in [0.15, 0.2) is 65.4 Å². The third-order valence-electron chi connectivity index (χ3n) is 6.75. The molecule has 0 radical (unpaired) electrons. The van der Waals surface area contributed by atoms with Crippen LogP contribution >= 0.6 is 0 Å². The fraction of sp³-hybridized carbons (Fsp3) is 0.222. The third kappa shape index (κ3) is 3.16. The first-order valence-corrected chi connectivity index (χ1v) is 11.4. The SMILES string of the molecule is [C-]#[N+]C1(c2nc3c(C(O)(c4ccccn4)c4ccccn4)cc(-c4c(C)noc4C)cc3[nH]2)CC1. The summed E-state index contributed by atoms with van der Waals surface area (Å²) in [4.78, 5) is 21.1. The van der Waals surface area contributed by atoms with E-state index in [1.54, 1.807) is 36.7 Å². The molecule has 6 rings (SSSR count). The van der Waals surface area contributed by atoms with Gasteiger partial charge in [-0.1, -0.05) is 17.3 Å². The molecule has 2 N–H and O–H groups in total. The van der Waals surface area contributed by atoms with Gasteiger partial charge in [0.2, 0.25) is 0 Å². The van der Waals surface area contributed by atoms with E-state index in [-0.39, 0.29) is 0 Å². The number of fused-ring (bicyclic) bond motifs is 1. The van der Waals surface area contributed by atoms with Gasteiger partial charge in [-0.3, -0.25) is 9.97 Å². The Morgan fingerprint density at radius 2 is 1.74 bits per heavy atom. The standard InChI is InChI=1S/C27H22N6O2/c1-16-23(17(2)35-33-16)18-14-19(24-20(15-18)31-25(32-24)26(28-3)10-11-26)27(34,21-8-4-6-12-29-21)22-9-5-7-13-30-22/h4-9,12-15,34H,10-11H2,1-2H3,(H,31,32). The van der Waals surface area contributed by atoms with E-state index in [0.29, 0.717) is 39.6 Å². The summed E-state index contributed by atoms with van der Waals surface area (Å²) >= 11 is 0. The summed E-state index contributed by atoms with van der Waals surface area (Å²) in [5.74, 6) is 1.29. The molecule has 4 heterocycles. The molecule has 0 unspecified atom stereocenters. The van der Waals surface area contributed by atoms with Crippen molar-refractivity contribution >= 4 is 11.0 Å². The molecule has 0 aliphatic heterocycles. The highest BCUT2D eigenvalue weighted by atomic mass is 16.5. The first-order chi connectivity index (χ1) is 17.0. The number of nitrogens with zero attached hydrogens (tertiary/aromatic N) is 5. The van der Waals surface area contributed by atoms with E-state index in [1.807, 2.05) is 38.1 Å². The molecule has 1 saturated carbocycles. The summed E-state index contributed by atoms with van der Waals surface area (Å²) in [6.07, 6.45) is 4.81. The van der Waals surface area contributed by atoms with E-state index in [4.69, 9.17) is 16.1 Å². The molecule has 0 atom stereocenters. The molecular formula is C27H22N6O2. The largest absolute Gasteiger partial charge is 0.373 e. The summed E-state index contributed by atoms with van der Waals surface area (Å²) in [6.45, 7) is 11.5. The summed E-state index contributed by atoms with van der Waals surface area (Å²) in [5.41, 5.74) is 2.73. The van der Waals surface area contributed by atoms with Crippen LogP contribution in [0, 0.1) is 20.4 Å². The molecule has 0 bridgehead atoms. The second kappa shape index (κ2) is 7.58. The number of aliphatic hydroxyl groups is 1. The van der Waals surface area contributed by atoms with Crippen molar-refractivity contribution in [3.8, 4) is 11.1 Å². The van der Waals surface area contributed by atoms with Gasteiger partial charge < -0.3 is 19.5 Å². The number of aryl methyl sites for hydroxylation is 2. The molecule has 8 heteroatoms. The topological polar surface area (TPSA) is 105 Å². The van der Waals surface area contributed by atoms with Gasteiger partial charge >= 0.3 is 0 Å². The van der Waals surface area contributed by atoms with Crippen LogP contribution in [0.25, 0.3) is 27.0 Å². The Labute approximate surface area is 201 Å². The van der Waals surface area contributed by atoms with Crippen LogP contribution in [0.1, 0.15) is 47.1 Å². The number of hydrogen-bond acceptors (Lipinski definition) is 6. The lowest BCUT2D eigenvalue weighted by molar-refractivity contribution is 0.117. The molecule has 0 spiro atoms. The first kappa shape index (κ1) is 21.2. The minimum absolute atomic E-state index is 0.423. The van der Waals surface area contributed by atoms with Crippen molar-refractivity contribution in [2.75, 3.05) is 0 Å². The van der Waals surface area contributed by atoms with Crippen molar-refractivity contribution in [2.45, 2.75) is 37.8 Å². The van der Waals surface area contributed by atoms with Gasteiger partial charge in [-0.2, -0.15) is 0 Å². The van der Waals surface area contributed by atoms with Crippen molar-refractivity contribution in [1.29, 1.82) is 0 Å². The highest BCUT2D eigenvalue weighted by molar-refractivity contribution is 5.88. The summed E-state index contributed by atoms with van der Waals surface area (Å²) in [5, 5.41) is 16.6. The highest BCUT2D eigenvalue weighted by Crippen LogP contribution is 2.50. The smallest absolute Gasteiger partial charge is 0.289 e. The molecule has 1 fully saturated rings. The summed E-state index contributed by atoms with van der Waals surface area (Å²) < 4.78 is 5.44. The molecule has 0 saturated heterocycles. The van der Waals surface area contributed by atoms with Crippen LogP contribution in [0.2, 0.25) is 0 Å². The molecule has 1 aliphatic rings. The van der Waals surface area contributed by atoms with Gasteiger partial charge in [-0.25, -0.2) is 11.6 Å². The van der Waals surface area contributed by atoms with Crippen LogP contribution in [0.3, 0.4) is 0 Å². The van der Waals surface area contributed by atoms with Crippen molar-refractivity contribution < 1.29 is 9.63 Å². The summed E-state index contributed by atoms with van der Waals surface area (Å²) in [6, 6.07) is 14.7. The zero-order valence-corrected chi connectivity index (χ0v) is 19.3. The van der Waals surface area contributed by atoms with Crippen LogP contribution < -0.4 is 0 Å². The number of H-pyrrole nitrogens is 1. The van der Waals surface area contributed by atoms with E-state index in [2.05, 4.69) is 25.0 Å². The summed E-state index contributed by atoms with van der Waals surface area (Å²) in [7, 11) is 0. The van der Waals surface area contributed by atoms with Gasteiger partial charge in [0.25, 0.3) is 5.54 Å². The maximum atomic E-state index is 12.5. The van der Waals surface area contributed by atoms with Crippen LogP contribution in [-0.4, -0.2) is 30.2 Å². The first-order valence-electron chi connectivity index (χ1n) is 11.4. The molecule has 5 aromatic rings. The number of imidazole rings is 1. The number of rotatable bonds is 5. The fourth-order valence-electron chi connectivity index (χ4n) is 4.73. The molecule has 1 aromatic carbocycles. The average molecular weight is 463 g/mol. The van der Waals surface area contributed by atoms with Crippen LogP contribution in [0.4, 0.5) is 0 Å². The van der Waals surface area contributed by atoms with E-state index in [0.717, 1.165) is 29.7 Å². The van der Waals surface area contributed by atoms with E-state index in [1.165, 1.54) is 0 Å². The fourth-order valence-corrected chi connectivity index (χ4v) is 4.73. The minimum Gasteiger partial charge on any atom is -0.373 e. The molecule has 35 heavy (non-hydrogen) atoms. The average Bonchev–Trinajstić information content (AvgIpc) is 3.46.